The van der Waals surface area contributed by atoms with Crippen molar-refractivity contribution in [1.29, 1.82) is 0 Å². The molecule has 96 valence electrons. The number of aliphatic carboxylic acids is 1. The van der Waals surface area contributed by atoms with Gasteiger partial charge in [-0.1, -0.05) is 0 Å². The Morgan fingerprint density at radius 1 is 1.18 bits per heavy atom. The predicted molar refractivity (Wildman–Crippen MR) is 61.8 cm³/mol. The van der Waals surface area contributed by atoms with Gasteiger partial charge in [-0.3, -0.25) is 4.79 Å². The molecule has 0 aliphatic rings. The highest BCUT2D eigenvalue weighted by Gasteiger charge is 1.94. The summed E-state index contributed by atoms with van der Waals surface area (Å²) in [4.78, 5) is 20.3. The highest BCUT2D eigenvalue weighted by Crippen LogP contribution is 1.97. The normalized spacial score (nSPS) is 9.24. The average molecular weight is 244 g/mol. The van der Waals surface area contributed by atoms with E-state index in [1.165, 1.54) is 0 Å². The molecule has 1 aromatic rings. The third-order valence-electron chi connectivity index (χ3n) is 1.35. The third-order valence-corrected chi connectivity index (χ3v) is 1.35. The van der Waals surface area contributed by atoms with Crippen molar-refractivity contribution >= 4 is 23.8 Å². The van der Waals surface area contributed by atoms with Crippen LogP contribution in [0.25, 0.3) is 0 Å². The molecular weight excluding hydrogens is 228 g/mol. The molecule has 7 N–H and O–H groups in total. The van der Waals surface area contributed by atoms with Crippen LogP contribution in [0.1, 0.15) is 13.3 Å². The van der Waals surface area contributed by atoms with Crippen molar-refractivity contribution in [2.24, 2.45) is 0 Å². The van der Waals surface area contributed by atoms with E-state index in [4.69, 9.17) is 27.0 Å². The number of carboxylic acids is 1. The molecule has 0 radical (unpaired) electrons. The highest BCUT2D eigenvalue weighted by molar-refractivity contribution is 5.66. The number of aromatic nitrogens is 3. The summed E-state index contributed by atoms with van der Waals surface area (Å²) in [5.41, 5.74) is 15.4. The fourth-order valence-electron chi connectivity index (χ4n) is 0.731. The number of nitrogen functional groups attached to an aromatic ring is 3. The molecule has 0 aliphatic carbocycles. The Morgan fingerprint density at radius 2 is 1.59 bits per heavy atom. The molecule has 0 spiro atoms. The smallest absolute Gasteiger partial charge is 0.305 e. The van der Waals surface area contributed by atoms with Gasteiger partial charge in [0.1, 0.15) is 0 Å². The van der Waals surface area contributed by atoms with Crippen molar-refractivity contribution in [2.75, 3.05) is 30.4 Å². The zero-order valence-electron chi connectivity index (χ0n) is 9.46. The van der Waals surface area contributed by atoms with Crippen LogP contribution < -0.4 is 17.2 Å². The van der Waals surface area contributed by atoms with Gasteiger partial charge in [-0.15, -0.1) is 0 Å². The van der Waals surface area contributed by atoms with Gasteiger partial charge in [-0.2, -0.15) is 15.0 Å². The van der Waals surface area contributed by atoms with E-state index in [1.54, 1.807) is 0 Å². The first-order valence-corrected chi connectivity index (χ1v) is 4.77. The first-order valence-electron chi connectivity index (χ1n) is 4.77. The average Bonchev–Trinajstić information content (AvgIpc) is 2.16. The number of anilines is 3. The number of nitrogens with two attached hydrogens (primary N) is 3. The van der Waals surface area contributed by atoms with Crippen LogP contribution in [0.2, 0.25) is 0 Å². The summed E-state index contributed by atoms with van der Waals surface area (Å²) in [6, 6.07) is 0. The van der Waals surface area contributed by atoms with Crippen LogP contribution in [0.4, 0.5) is 17.8 Å². The van der Waals surface area contributed by atoms with Crippen molar-refractivity contribution < 1.29 is 14.6 Å². The maximum absolute atomic E-state index is 9.79. The van der Waals surface area contributed by atoms with Gasteiger partial charge in [0.15, 0.2) is 0 Å². The summed E-state index contributed by atoms with van der Waals surface area (Å²) in [5, 5.41) is 8.06. The van der Waals surface area contributed by atoms with Gasteiger partial charge in [-0.05, 0) is 6.92 Å². The van der Waals surface area contributed by atoms with Gasteiger partial charge in [-0.25, -0.2) is 0 Å². The number of rotatable bonds is 4. The van der Waals surface area contributed by atoms with E-state index in [1.807, 2.05) is 6.92 Å². The second-order valence-electron chi connectivity index (χ2n) is 2.75. The minimum atomic E-state index is -0.807. The molecule has 17 heavy (non-hydrogen) atoms. The molecule has 0 aliphatic heterocycles. The van der Waals surface area contributed by atoms with E-state index >= 15 is 0 Å². The van der Waals surface area contributed by atoms with Crippen LogP contribution in [0.5, 0.6) is 0 Å². The molecule has 0 saturated carbocycles. The predicted octanol–water partition coefficient (Wildman–Crippen LogP) is -0.884. The molecule has 0 aromatic carbocycles. The van der Waals surface area contributed by atoms with E-state index in [2.05, 4.69) is 15.0 Å². The third kappa shape index (κ3) is 8.81. The minimum Gasteiger partial charge on any atom is -0.481 e. The first kappa shape index (κ1) is 14.8. The largest absolute Gasteiger partial charge is 0.481 e. The Morgan fingerprint density at radius 3 is 1.88 bits per heavy atom. The van der Waals surface area contributed by atoms with Crippen LogP contribution in [0.3, 0.4) is 0 Å². The van der Waals surface area contributed by atoms with Gasteiger partial charge in [0.25, 0.3) is 0 Å². The summed E-state index contributed by atoms with van der Waals surface area (Å²) < 4.78 is 4.76. The summed E-state index contributed by atoms with van der Waals surface area (Å²) in [6.45, 7) is 2.75. The molecule has 0 amide bonds. The number of hydrogen-bond acceptors (Lipinski definition) is 8. The van der Waals surface area contributed by atoms with Crippen molar-refractivity contribution in [3.8, 4) is 0 Å². The van der Waals surface area contributed by atoms with E-state index in [9.17, 15) is 4.79 Å². The van der Waals surface area contributed by atoms with Crippen LogP contribution >= 0.6 is 0 Å². The maximum Gasteiger partial charge on any atom is 0.305 e. The van der Waals surface area contributed by atoms with Gasteiger partial charge in [0.2, 0.25) is 17.8 Å². The first-order chi connectivity index (χ1) is 7.95. The fraction of sp³-hybridized carbons (Fsp3) is 0.500. The molecule has 0 atom stereocenters. The zero-order valence-corrected chi connectivity index (χ0v) is 9.46. The van der Waals surface area contributed by atoms with E-state index in [0.29, 0.717) is 13.2 Å². The summed E-state index contributed by atoms with van der Waals surface area (Å²) in [7, 11) is 0. The second-order valence-corrected chi connectivity index (χ2v) is 2.75. The summed E-state index contributed by atoms with van der Waals surface area (Å²) >= 11 is 0. The minimum absolute atomic E-state index is 0.0417. The number of carbonyl (C=O) groups is 1. The van der Waals surface area contributed by atoms with Crippen LogP contribution in [0.15, 0.2) is 0 Å². The summed E-state index contributed by atoms with van der Waals surface area (Å²) in [5.74, 6) is -0.682. The van der Waals surface area contributed by atoms with E-state index < -0.39 is 5.97 Å². The monoisotopic (exact) mass is 244 g/mol. The zero-order chi connectivity index (χ0) is 13.3. The van der Waals surface area contributed by atoms with Gasteiger partial charge in [0, 0.05) is 6.61 Å². The second kappa shape index (κ2) is 8.05. The Labute approximate surface area is 98.0 Å². The Balaban J connectivity index is 0.000000304. The molecule has 1 rings (SSSR count). The molecule has 0 saturated heterocycles. The Kier molecular flexibility index (Phi) is 7.02. The van der Waals surface area contributed by atoms with Crippen LogP contribution in [0, 0.1) is 0 Å². The standard InChI is InChI=1S/C5H10O3.C3H6N6/c1-2-8-4-3-5(6)7;4-1-7-2(5)9-3(6)8-1/h2-4H2,1H3,(H,6,7);(H6,4,5,6,7,8,9). The van der Waals surface area contributed by atoms with E-state index in [-0.39, 0.29) is 24.3 Å². The lowest BCUT2D eigenvalue weighted by atomic mass is 10.5. The van der Waals surface area contributed by atoms with Crippen LogP contribution in [-0.4, -0.2) is 39.2 Å². The lowest BCUT2D eigenvalue weighted by Gasteiger charge is -1.93. The molecule has 0 bridgehead atoms. The SMILES string of the molecule is CCOCCC(=O)O.Nc1nc(N)nc(N)n1. The molecule has 1 heterocycles. The number of hydrogen-bond donors (Lipinski definition) is 4. The van der Waals surface area contributed by atoms with Crippen molar-refractivity contribution in [3.05, 3.63) is 0 Å². The molecule has 0 fully saturated rings. The lowest BCUT2D eigenvalue weighted by Crippen LogP contribution is -2.05. The maximum atomic E-state index is 9.79. The Bertz CT molecular complexity index is 309. The van der Waals surface area contributed by atoms with Gasteiger partial charge in [0.05, 0.1) is 13.0 Å². The molecule has 9 heteroatoms. The Hall–Kier alpha value is -2.16. The molecule has 0 unspecified atom stereocenters. The van der Waals surface area contributed by atoms with Crippen molar-refractivity contribution in [1.82, 2.24) is 15.0 Å². The quantitative estimate of drug-likeness (QED) is 0.492. The fourth-order valence-corrected chi connectivity index (χ4v) is 0.731. The number of nitrogens with zero attached hydrogens (tertiary/aromatic N) is 3. The number of ether oxygens (including phenoxy) is 1. The van der Waals surface area contributed by atoms with Crippen molar-refractivity contribution in [2.45, 2.75) is 13.3 Å². The van der Waals surface area contributed by atoms with E-state index in [0.717, 1.165) is 0 Å². The molecule has 9 nitrogen and oxygen atoms in total. The lowest BCUT2D eigenvalue weighted by molar-refractivity contribution is -0.138. The van der Waals surface area contributed by atoms with Gasteiger partial charge >= 0.3 is 5.97 Å². The summed E-state index contributed by atoms with van der Waals surface area (Å²) in [6.07, 6.45) is 0.105. The van der Waals surface area contributed by atoms with Crippen molar-refractivity contribution in [3.63, 3.8) is 0 Å². The number of carboxylic acid groups (broad SMARTS) is 1. The van der Waals surface area contributed by atoms with Gasteiger partial charge < -0.3 is 27.0 Å². The topological polar surface area (TPSA) is 163 Å². The molecular formula is C8H16N6O3. The molecule has 1 aromatic heterocycles. The van der Waals surface area contributed by atoms with Crippen LogP contribution in [-0.2, 0) is 9.53 Å². The highest BCUT2D eigenvalue weighted by atomic mass is 16.5.